The molecule has 0 fully saturated rings. The van der Waals surface area contributed by atoms with Crippen molar-refractivity contribution in [3.63, 3.8) is 0 Å². The minimum absolute atomic E-state index is 0.00419. The Balaban J connectivity index is 1.67. The minimum Gasteiger partial charge on any atom is -0.288 e. The molecule has 0 N–H and O–H groups in total. The third-order valence-corrected chi connectivity index (χ3v) is 6.29. The summed E-state index contributed by atoms with van der Waals surface area (Å²) in [6.07, 6.45) is -5.90. The molecule has 5 rings (SSSR count). The monoisotopic (exact) mass is 588 g/mol. The Hall–Kier alpha value is -4.65. The van der Waals surface area contributed by atoms with Crippen LogP contribution in [0.4, 0.5) is 26.3 Å². The number of benzene rings is 2. The lowest BCUT2D eigenvalue weighted by Crippen LogP contribution is -2.13. The molecule has 7 nitrogen and oxygen atoms in total. The number of alkyl halides is 6. The van der Waals surface area contributed by atoms with Crippen molar-refractivity contribution in [1.82, 2.24) is 30.2 Å². The highest BCUT2D eigenvalue weighted by molar-refractivity contribution is 6.35. The number of hydrogen-bond acceptors (Lipinski definition) is 6. The summed E-state index contributed by atoms with van der Waals surface area (Å²) in [5, 5.41) is 16.2. The van der Waals surface area contributed by atoms with Gasteiger partial charge >= 0.3 is 12.4 Å². The lowest BCUT2D eigenvalue weighted by molar-refractivity contribution is -0.143. The van der Waals surface area contributed by atoms with Crippen LogP contribution in [0.2, 0.25) is 5.02 Å². The van der Waals surface area contributed by atoms with Crippen molar-refractivity contribution in [3.05, 3.63) is 112 Å². The number of ketones is 1. The zero-order valence-electron chi connectivity index (χ0n) is 20.4. The van der Waals surface area contributed by atoms with Gasteiger partial charge in [-0.25, -0.2) is 4.68 Å². The standard InChI is InChI=1S/C27H15ClF6N6O/c28-21-6-2-1-5-19(21)25(41)20-7-9-36-37-22(20)23-24(16-4-3-8-35-13-16)40(39-38-23)14-15-10-17(26(29,30)31)12-18(11-15)27(32,33)34/h1-13H,14H2. The van der Waals surface area contributed by atoms with Crippen LogP contribution in [0.1, 0.15) is 32.6 Å². The summed E-state index contributed by atoms with van der Waals surface area (Å²) in [4.78, 5) is 17.5. The van der Waals surface area contributed by atoms with Gasteiger partial charge in [0.15, 0.2) is 5.78 Å². The number of aromatic nitrogens is 6. The van der Waals surface area contributed by atoms with Gasteiger partial charge in [-0.2, -0.15) is 31.4 Å². The van der Waals surface area contributed by atoms with Crippen LogP contribution in [0, 0.1) is 0 Å². The van der Waals surface area contributed by atoms with Crippen LogP contribution < -0.4 is 0 Å². The molecular weight excluding hydrogens is 574 g/mol. The van der Waals surface area contributed by atoms with Crippen molar-refractivity contribution in [2.75, 3.05) is 0 Å². The average molecular weight is 589 g/mol. The van der Waals surface area contributed by atoms with Crippen molar-refractivity contribution < 1.29 is 31.1 Å². The predicted octanol–water partition coefficient (Wildman–Crippen LogP) is 6.77. The molecule has 0 saturated heterocycles. The molecule has 0 aliphatic heterocycles. The first kappa shape index (κ1) is 27.9. The van der Waals surface area contributed by atoms with Crippen molar-refractivity contribution in [1.29, 1.82) is 0 Å². The van der Waals surface area contributed by atoms with E-state index in [1.165, 1.54) is 36.8 Å². The molecule has 2 aromatic carbocycles. The molecule has 0 spiro atoms. The molecule has 208 valence electrons. The van der Waals surface area contributed by atoms with Crippen LogP contribution in [0.5, 0.6) is 0 Å². The van der Waals surface area contributed by atoms with Gasteiger partial charge in [-0.1, -0.05) is 28.9 Å². The van der Waals surface area contributed by atoms with Gasteiger partial charge in [-0.05, 0) is 54.1 Å². The van der Waals surface area contributed by atoms with Crippen LogP contribution in [-0.2, 0) is 18.9 Å². The van der Waals surface area contributed by atoms with E-state index in [1.807, 2.05) is 0 Å². The van der Waals surface area contributed by atoms with Crippen LogP contribution in [0.25, 0.3) is 22.6 Å². The predicted molar refractivity (Wildman–Crippen MR) is 135 cm³/mol. The summed E-state index contributed by atoms with van der Waals surface area (Å²) in [6, 6.07) is 12.1. The van der Waals surface area contributed by atoms with E-state index in [9.17, 15) is 31.1 Å². The van der Waals surface area contributed by atoms with E-state index in [0.717, 1.165) is 4.68 Å². The van der Waals surface area contributed by atoms with E-state index < -0.39 is 35.8 Å². The molecule has 14 heteroatoms. The number of nitrogens with zero attached hydrogens (tertiary/aromatic N) is 6. The SMILES string of the molecule is O=C(c1ccccc1Cl)c1ccnnc1-c1nnn(Cc2cc(C(F)(F)F)cc(C(F)(F)F)c2)c1-c1cccnc1. The second-order valence-corrected chi connectivity index (χ2v) is 9.11. The van der Waals surface area contributed by atoms with Crippen LogP contribution >= 0.6 is 11.6 Å². The highest BCUT2D eigenvalue weighted by atomic mass is 35.5. The molecular formula is C27H15ClF6N6O. The molecule has 0 atom stereocenters. The van der Waals surface area contributed by atoms with E-state index in [1.54, 1.807) is 24.3 Å². The Morgan fingerprint density at radius 2 is 1.51 bits per heavy atom. The lowest BCUT2D eigenvalue weighted by Gasteiger charge is -2.15. The fourth-order valence-corrected chi connectivity index (χ4v) is 4.36. The molecule has 0 aliphatic rings. The number of hydrogen-bond donors (Lipinski definition) is 0. The zero-order chi connectivity index (χ0) is 29.4. The van der Waals surface area contributed by atoms with Gasteiger partial charge in [0, 0.05) is 23.5 Å². The van der Waals surface area contributed by atoms with Crippen LogP contribution in [0.3, 0.4) is 0 Å². The maximum atomic E-state index is 13.5. The molecule has 3 aromatic heterocycles. The molecule has 0 amide bonds. The first-order valence-electron chi connectivity index (χ1n) is 11.7. The fraction of sp³-hybridized carbons (Fsp3) is 0.111. The van der Waals surface area contributed by atoms with Crippen molar-refractivity contribution in [2.45, 2.75) is 18.9 Å². The van der Waals surface area contributed by atoms with Crippen LogP contribution in [-0.4, -0.2) is 36.0 Å². The third kappa shape index (κ3) is 5.80. The zero-order valence-corrected chi connectivity index (χ0v) is 21.2. The summed E-state index contributed by atoms with van der Waals surface area (Å²) in [6.45, 7) is -0.529. The summed E-state index contributed by atoms with van der Waals surface area (Å²) in [7, 11) is 0. The molecule has 3 heterocycles. The highest BCUT2D eigenvalue weighted by Crippen LogP contribution is 2.37. The number of rotatable bonds is 6. The molecule has 0 unspecified atom stereocenters. The Morgan fingerprint density at radius 3 is 2.15 bits per heavy atom. The van der Waals surface area contributed by atoms with Gasteiger partial charge < -0.3 is 0 Å². The Bertz CT molecular complexity index is 1700. The summed E-state index contributed by atoms with van der Waals surface area (Å²) >= 11 is 6.22. The van der Waals surface area contributed by atoms with Crippen molar-refractivity contribution >= 4 is 17.4 Å². The van der Waals surface area contributed by atoms with Crippen LogP contribution in [0.15, 0.2) is 79.3 Å². The highest BCUT2D eigenvalue weighted by Gasteiger charge is 2.37. The van der Waals surface area contributed by atoms with Gasteiger partial charge in [0.2, 0.25) is 0 Å². The molecule has 5 aromatic rings. The maximum Gasteiger partial charge on any atom is 0.416 e. The smallest absolute Gasteiger partial charge is 0.288 e. The summed E-state index contributed by atoms with van der Waals surface area (Å²) in [5.74, 6) is -0.514. The molecule has 0 radical (unpaired) electrons. The lowest BCUT2D eigenvalue weighted by atomic mass is 9.99. The normalized spacial score (nSPS) is 12.0. The number of carbonyl (C=O) groups excluding carboxylic acids is 1. The van der Waals surface area contributed by atoms with Crippen molar-refractivity contribution in [3.8, 4) is 22.6 Å². The first-order chi connectivity index (χ1) is 19.4. The summed E-state index contributed by atoms with van der Waals surface area (Å²) < 4.78 is 81.9. The third-order valence-electron chi connectivity index (χ3n) is 5.96. The minimum atomic E-state index is -5.02. The first-order valence-corrected chi connectivity index (χ1v) is 12.0. The van der Waals surface area contributed by atoms with E-state index >= 15 is 0 Å². The second kappa shape index (κ2) is 10.7. The van der Waals surface area contributed by atoms with E-state index in [0.29, 0.717) is 17.7 Å². The number of pyridine rings is 1. The van der Waals surface area contributed by atoms with Gasteiger partial charge in [0.25, 0.3) is 0 Å². The number of carbonyl (C=O) groups is 1. The summed E-state index contributed by atoms with van der Waals surface area (Å²) in [5.41, 5.74) is -2.58. The average Bonchev–Trinajstić information content (AvgIpc) is 3.35. The Kier molecular flexibility index (Phi) is 7.30. The topological polar surface area (TPSA) is 86.5 Å². The molecule has 0 saturated carbocycles. The largest absolute Gasteiger partial charge is 0.416 e. The van der Waals surface area contributed by atoms with Gasteiger partial charge in [-0.15, -0.1) is 10.2 Å². The fourth-order valence-electron chi connectivity index (χ4n) is 4.14. The Morgan fingerprint density at radius 1 is 0.805 bits per heavy atom. The Labute approximate surface area is 232 Å². The van der Waals surface area contributed by atoms with Gasteiger partial charge in [0.05, 0.1) is 34.5 Å². The second-order valence-electron chi connectivity index (χ2n) is 8.70. The van der Waals surface area contributed by atoms with Gasteiger partial charge in [-0.3, -0.25) is 9.78 Å². The van der Waals surface area contributed by atoms with E-state index in [2.05, 4.69) is 25.5 Å². The molecule has 41 heavy (non-hydrogen) atoms. The molecule has 0 bridgehead atoms. The van der Waals surface area contributed by atoms with Gasteiger partial charge in [0.1, 0.15) is 17.1 Å². The van der Waals surface area contributed by atoms with E-state index in [-0.39, 0.29) is 44.9 Å². The maximum absolute atomic E-state index is 13.5. The van der Waals surface area contributed by atoms with E-state index in [4.69, 9.17) is 11.6 Å². The van der Waals surface area contributed by atoms with Crippen molar-refractivity contribution in [2.24, 2.45) is 0 Å². The molecule has 0 aliphatic carbocycles. The number of halogens is 7. The quantitative estimate of drug-likeness (QED) is 0.161.